The number of carbonyl (C=O) groups excluding carboxylic acids is 1. The van der Waals surface area contributed by atoms with Crippen LogP contribution in [0.3, 0.4) is 0 Å². The Bertz CT molecular complexity index is 855. The molecule has 0 radical (unpaired) electrons. The first-order valence-corrected chi connectivity index (χ1v) is 9.17. The summed E-state index contributed by atoms with van der Waals surface area (Å²) < 4.78 is 13.5. The molecule has 2 fully saturated rings. The smallest absolute Gasteiger partial charge is 0.270 e. The van der Waals surface area contributed by atoms with E-state index in [0.717, 1.165) is 13.0 Å². The Morgan fingerprint density at radius 1 is 1.41 bits per heavy atom. The number of ether oxygens (including phenoxy) is 2. The monoisotopic (exact) mass is 366 g/mol. The molecule has 2 saturated heterocycles. The van der Waals surface area contributed by atoms with Crippen LogP contribution in [0.2, 0.25) is 0 Å². The molecule has 0 aliphatic carbocycles. The minimum Gasteiger partial charge on any atom is -0.478 e. The summed E-state index contributed by atoms with van der Waals surface area (Å²) in [5.41, 5.74) is 1.23. The highest BCUT2D eigenvalue weighted by molar-refractivity contribution is 5.93. The molecule has 0 aromatic carbocycles. The Labute approximate surface area is 158 Å². The van der Waals surface area contributed by atoms with Crippen molar-refractivity contribution in [2.75, 3.05) is 26.3 Å². The van der Waals surface area contributed by atoms with E-state index in [9.17, 15) is 4.79 Å². The van der Waals surface area contributed by atoms with E-state index in [1.54, 1.807) is 12.1 Å². The summed E-state index contributed by atoms with van der Waals surface area (Å²) in [6.45, 7) is 2.64. The Hall–Kier alpha value is -2.85. The lowest BCUT2D eigenvalue weighted by molar-refractivity contribution is 0.0664. The van der Waals surface area contributed by atoms with Crippen LogP contribution in [0, 0.1) is 23.2 Å². The third-order valence-corrected chi connectivity index (χ3v) is 5.49. The van der Waals surface area contributed by atoms with Gasteiger partial charge in [-0.3, -0.25) is 4.79 Å². The van der Waals surface area contributed by atoms with Gasteiger partial charge in [-0.25, -0.2) is 4.98 Å². The Balaban J connectivity index is 1.30. The lowest BCUT2D eigenvalue weighted by atomic mass is 9.91. The number of rotatable bonds is 5. The minimum atomic E-state index is 0.0669. The molecule has 4 rings (SSSR count). The van der Waals surface area contributed by atoms with Gasteiger partial charge in [0.05, 0.1) is 24.9 Å². The van der Waals surface area contributed by atoms with Crippen molar-refractivity contribution in [3.63, 3.8) is 0 Å². The number of hydrogen-bond acceptors (Lipinski definition) is 5. The molecule has 2 aliphatic rings. The number of nitrogens with zero attached hydrogens (tertiary/aromatic N) is 4. The number of carbonyl (C=O) groups is 1. The number of amides is 1. The van der Waals surface area contributed by atoms with Crippen LogP contribution in [0.1, 0.15) is 22.5 Å². The van der Waals surface area contributed by atoms with Gasteiger partial charge < -0.3 is 18.9 Å². The average molecular weight is 366 g/mol. The normalized spacial score (nSPS) is 23.9. The standard InChI is InChI=1S/C20H22N4O3/c1-23-7-2-3-17(23)20(25)24-11-16-15(13-27-18(16)12-24)6-8-26-19-5-4-14(9-21)10-22-19/h2-5,7,10,15-16,18H,6,8,11-13H2,1H3/t15-,16-,18-/m0/s1. The zero-order valence-electron chi connectivity index (χ0n) is 15.2. The molecule has 2 aromatic heterocycles. The first kappa shape index (κ1) is 17.6. The fraction of sp³-hybridized carbons (Fsp3) is 0.450. The van der Waals surface area contributed by atoms with E-state index >= 15 is 0 Å². The quantitative estimate of drug-likeness (QED) is 0.807. The number of likely N-dealkylation sites (tertiary alicyclic amines) is 1. The van der Waals surface area contributed by atoms with Crippen LogP contribution in [-0.4, -0.2) is 52.8 Å². The number of nitriles is 1. The maximum Gasteiger partial charge on any atom is 0.270 e. The molecule has 0 saturated carbocycles. The minimum absolute atomic E-state index is 0.0669. The van der Waals surface area contributed by atoms with Crippen molar-refractivity contribution in [3.8, 4) is 11.9 Å². The molecular formula is C20H22N4O3. The lowest BCUT2D eigenvalue weighted by Gasteiger charge is -2.20. The number of hydrogen-bond donors (Lipinski definition) is 0. The molecule has 140 valence electrons. The van der Waals surface area contributed by atoms with Crippen LogP contribution in [0.4, 0.5) is 0 Å². The summed E-state index contributed by atoms with van der Waals surface area (Å²) in [6.07, 6.45) is 4.37. The summed E-state index contributed by atoms with van der Waals surface area (Å²) in [7, 11) is 1.89. The molecule has 7 heteroatoms. The van der Waals surface area contributed by atoms with Crippen molar-refractivity contribution in [3.05, 3.63) is 47.9 Å². The predicted octanol–water partition coefficient (Wildman–Crippen LogP) is 1.85. The van der Waals surface area contributed by atoms with Crippen LogP contribution < -0.4 is 4.74 Å². The first-order valence-electron chi connectivity index (χ1n) is 9.17. The van der Waals surface area contributed by atoms with Crippen LogP contribution in [0.25, 0.3) is 0 Å². The summed E-state index contributed by atoms with van der Waals surface area (Å²) >= 11 is 0. The van der Waals surface area contributed by atoms with Crippen molar-refractivity contribution >= 4 is 5.91 Å². The Kier molecular flexibility index (Phi) is 4.82. The highest BCUT2D eigenvalue weighted by Crippen LogP contribution is 2.36. The van der Waals surface area contributed by atoms with Gasteiger partial charge >= 0.3 is 0 Å². The summed E-state index contributed by atoms with van der Waals surface area (Å²) in [5.74, 6) is 1.32. The molecule has 0 spiro atoms. The lowest BCUT2D eigenvalue weighted by Crippen LogP contribution is -2.32. The zero-order valence-corrected chi connectivity index (χ0v) is 15.2. The van der Waals surface area contributed by atoms with Gasteiger partial charge in [-0.15, -0.1) is 0 Å². The van der Waals surface area contributed by atoms with E-state index in [4.69, 9.17) is 14.7 Å². The van der Waals surface area contributed by atoms with Crippen LogP contribution in [0.5, 0.6) is 5.88 Å². The van der Waals surface area contributed by atoms with Crippen molar-refractivity contribution < 1.29 is 14.3 Å². The Morgan fingerprint density at radius 2 is 2.30 bits per heavy atom. The van der Waals surface area contributed by atoms with Crippen molar-refractivity contribution in [1.29, 1.82) is 5.26 Å². The average Bonchev–Trinajstić information content (AvgIpc) is 3.38. The van der Waals surface area contributed by atoms with Gasteiger partial charge in [0.2, 0.25) is 5.88 Å². The highest BCUT2D eigenvalue weighted by Gasteiger charge is 2.45. The molecule has 2 aromatic rings. The number of pyridine rings is 1. The van der Waals surface area contributed by atoms with Crippen molar-refractivity contribution in [1.82, 2.24) is 14.5 Å². The second kappa shape index (κ2) is 7.41. The van der Waals surface area contributed by atoms with E-state index in [1.807, 2.05) is 40.9 Å². The summed E-state index contributed by atoms with van der Waals surface area (Å²) in [6, 6.07) is 9.19. The molecule has 0 N–H and O–H groups in total. The van der Waals surface area contributed by atoms with Gasteiger partial charge in [0, 0.05) is 44.5 Å². The third-order valence-electron chi connectivity index (χ3n) is 5.49. The number of fused-ring (bicyclic) bond motifs is 1. The van der Waals surface area contributed by atoms with Crippen molar-refractivity contribution in [2.24, 2.45) is 18.9 Å². The maximum atomic E-state index is 12.7. The van der Waals surface area contributed by atoms with E-state index in [1.165, 1.54) is 6.20 Å². The predicted molar refractivity (Wildman–Crippen MR) is 97.1 cm³/mol. The molecule has 27 heavy (non-hydrogen) atoms. The number of aromatic nitrogens is 2. The third kappa shape index (κ3) is 3.53. The molecule has 0 unspecified atom stereocenters. The Morgan fingerprint density at radius 3 is 3.00 bits per heavy atom. The van der Waals surface area contributed by atoms with E-state index in [0.29, 0.717) is 48.7 Å². The van der Waals surface area contributed by atoms with Crippen LogP contribution >= 0.6 is 0 Å². The van der Waals surface area contributed by atoms with Crippen LogP contribution in [-0.2, 0) is 11.8 Å². The van der Waals surface area contributed by atoms with Gasteiger partial charge in [-0.2, -0.15) is 5.26 Å². The van der Waals surface area contributed by atoms with Crippen molar-refractivity contribution in [2.45, 2.75) is 12.5 Å². The first-order chi connectivity index (χ1) is 13.2. The zero-order chi connectivity index (χ0) is 18.8. The van der Waals surface area contributed by atoms with Gasteiger partial charge in [0.25, 0.3) is 5.91 Å². The molecule has 2 aliphatic heterocycles. The molecular weight excluding hydrogens is 344 g/mol. The molecule has 7 nitrogen and oxygen atoms in total. The van der Waals surface area contributed by atoms with Crippen LogP contribution in [0.15, 0.2) is 36.7 Å². The van der Waals surface area contributed by atoms with E-state index in [2.05, 4.69) is 4.98 Å². The molecule has 1 amide bonds. The van der Waals surface area contributed by atoms with Gasteiger partial charge in [-0.1, -0.05) is 0 Å². The number of aryl methyl sites for hydroxylation is 1. The maximum absolute atomic E-state index is 12.7. The second-order valence-corrected chi connectivity index (χ2v) is 7.14. The topological polar surface area (TPSA) is 80.4 Å². The SMILES string of the molecule is Cn1cccc1C(=O)N1C[C@H]2[C@@H](CCOc3ccc(C#N)cn3)CO[C@H]2C1. The fourth-order valence-corrected chi connectivity index (χ4v) is 3.95. The van der Waals surface area contributed by atoms with E-state index in [-0.39, 0.29) is 12.0 Å². The van der Waals surface area contributed by atoms with Gasteiger partial charge in [-0.05, 0) is 30.5 Å². The molecule has 0 bridgehead atoms. The highest BCUT2D eigenvalue weighted by atomic mass is 16.5. The van der Waals surface area contributed by atoms with E-state index < -0.39 is 0 Å². The van der Waals surface area contributed by atoms with Gasteiger partial charge in [0.1, 0.15) is 11.8 Å². The summed E-state index contributed by atoms with van der Waals surface area (Å²) in [5, 5.41) is 8.80. The molecule has 3 atom stereocenters. The van der Waals surface area contributed by atoms with Gasteiger partial charge in [0.15, 0.2) is 0 Å². The second-order valence-electron chi connectivity index (χ2n) is 7.14. The largest absolute Gasteiger partial charge is 0.478 e. The summed E-state index contributed by atoms with van der Waals surface area (Å²) in [4.78, 5) is 18.7. The fourth-order valence-electron chi connectivity index (χ4n) is 3.95. The molecule has 4 heterocycles.